The molecule has 1 aromatic rings. The Morgan fingerprint density at radius 2 is 1.94 bits per heavy atom. The van der Waals surface area contributed by atoms with Crippen LogP contribution < -0.4 is 10.1 Å². The number of hydrogen-bond acceptors (Lipinski definition) is 3. The van der Waals surface area contributed by atoms with Crippen molar-refractivity contribution < 1.29 is 14.6 Å². The summed E-state index contributed by atoms with van der Waals surface area (Å²) >= 11 is 0. The molecular weight excluding hydrogens is 230 g/mol. The summed E-state index contributed by atoms with van der Waals surface area (Å²) in [6.45, 7) is 6.22. The van der Waals surface area contributed by atoms with E-state index in [2.05, 4.69) is 5.32 Å². The molecule has 0 saturated carbocycles. The van der Waals surface area contributed by atoms with Crippen molar-refractivity contribution >= 4 is 11.7 Å². The minimum absolute atomic E-state index is 0.579. The number of benzene rings is 1. The standard InChI is InChI=1S/C14H21NO3/c1-4-10-14(3,13(16)17)15-11-6-8-12(9-7-11)18-5-2/h6-9,15H,4-5,10H2,1-3H3,(H,16,17). The van der Waals surface area contributed by atoms with Gasteiger partial charge in [0.1, 0.15) is 11.3 Å². The molecule has 0 aliphatic heterocycles. The molecule has 0 fully saturated rings. The second-order valence-electron chi connectivity index (χ2n) is 4.47. The van der Waals surface area contributed by atoms with Crippen LogP contribution in [0.1, 0.15) is 33.6 Å². The van der Waals surface area contributed by atoms with Crippen LogP contribution in [0.2, 0.25) is 0 Å². The molecule has 1 unspecified atom stereocenters. The van der Waals surface area contributed by atoms with E-state index in [1.54, 1.807) is 6.92 Å². The average molecular weight is 251 g/mol. The van der Waals surface area contributed by atoms with Gasteiger partial charge in [0.25, 0.3) is 0 Å². The molecule has 0 spiro atoms. The molecule has 0 saturated heterocycles. The van der Waals surface area contributed by atoms with Crippen molar-refractivity contribution in [3.8, 4) is 5.75 Å². The summed E-state index contributed by atoms with van der Waals surface area (Å²) in [5.41, 5.74) is -0.140. The van der Waals surface area contributed by atoms with Crippen molar-refractivity contribution in [1.82, 2.24) is 0 Å². The maximum atomic E-state index is 11.3. The summed E-state index contributed by atoms with van der Waals surface area (Å²) in [6.07, 6.45) is 1.39. The molecule has 100 valence electrons. The second-order valence-corrected chi connectivity index (χ2v) is 4.47. The summed E-state index contributed by atoms with van der Waals surface area (Å²) in [5, 5.41) is 12.3. The highest BCUT2D eigenvalue weighted by Crippen LogP contribution is 2.22. The molecule has 0 radical (unpaired) electrons. The number of hydrogen-bond donors (Lipinski definition) is 2. The number of anilines is 1. The van der Waals surface area contributed by atoms with Crippen molar-refractivity contribution in [2.24, 2.45) is 0 Å². The zero-order chi connectivity index (χ0) is 13.6. The van der Waals surface area contributed by atoms with Crippen molar-refractivity contribution in [3.63, 3.8) is 0 Å². The highest BCUT2D eigenvalue weighted by atomic mass is 16.5. The molecule has 0 aliphatic carbocycles. The van der Waals surface area contributed by atoms with E-state index in [-0.39, 0.29) is 0 Å². The van der Waals surface area contributed by atoms with E-state index < -0.39 is 11.5 Å². The number of carboxylic acids is 1. The van der Waals surface area contributed by atoms with Gasteiger partial charge in [-0.1, -0.05) is 13.3 Å². The van der Waals surface area contributed by atoms with Crippen LogP contribution in [-0.2, 0) is 4.79 Å². The normalized spacial score (nSPS) is 13.7. The SMILES string of the molecule is CCCC(C)(Nc1ccc(OCC)cc1)C(=O)O. The molecule has 0 aliphatic rings. The van der Waals surface area contributed by atoms with Crippen LogP contribution >= 0.6 is 0 Å². The van der Waals surface area contributed by atoms with Gasteiger partial charge in [-0.2, -0.15) is 0 Å². The highest BCUT2D eigenvalue weighted by molar-refractivity contribution is 5.82. The van der Waals surface area contributed by atoms with Gasteiger partial charge in [-0.25, -0.2) is 4.79 Å². The van der Waals surface area contributed by atoms with Gasteiger partial charge < -0.3 is 15.2 Å². The molecule has 1 rings (SSSR count). The van der Waals surface area contributed by atoms with Gasteiger partial charge in [0.05, 0.1) is 6.61 Å². The lowest BCUT2D eigenvalue weighted by atomic mass is 9.96. The van der Waals surface area contributed by atoms with E-state index >= 15 is 0 Å². The number of carbonyl (C=O) groups is 1. The Bertz CT molecular complexity index is 389. The first-order chi connectivity index (χ1) is 8.51. The summed E-state index contributed by atoms with van der Waals surface area (Å²) < 4.78 is 5.34. The molecule has 1 aromatic carbocycles. The maximum Gasteiger partial charge on any atom is 0.329 e. The Hall–Kier alpha value is -1.71. The topological polar surface area (TPSA) is 58.6 Å². The van der Waals surface area contributed by atoms with Gasteiger partial charge in [-0.05, 0) is 44.5 Å². The fourth-order valence-corrected chi connectivity index (χ4v) is 1.84. The molecular formula is C14H21NO3. The third-order valence-corrected chi connectivity index (χ3v) is 2.81. The summed E-state index contributed by atoms with van der Waals surface area (Å²) in [7, 11) is 0. The third-order valence-electron chi connectivity index (χ3n) is 2.81. The van der Waals surface area contributed by atoms with Gasteiger partial charge in [0.2, 0.25) is 0 Å². The fraction of sp³-hybridized carbons (Fsp3) is 0.500. The van der Waals surface area contributed by atoms with E-state index in [0.717, 1.165) is 17.9 Å². The number of nitrogens with one attached hydrogen (secondary N) is 1. The van der Waals surface area contributed by atoms with Crippen LogP contribution in [0.25, 0.3) is 0 Å². The Morgan fingerprint density at radius 3 is 2.39 bits per heavy atom. The number of carboxylic acid groups (broad SMARTS) is 1. The Balaban J connectivity index is 2.78. The molecule has 0 amide bonds. The highest BCUT2D eigenvalue weighted by Gasteiger charge is 2.31. The Kier molecular flexibility index (Phi) is 5.01. The molecule has 0 bridgehead atoms. The average Bonchev–Trinajstić information content (AvgIpc) is 2.32. The van der Waals surface area contributed by atoms with Crippen LogP contribution in [-0.4, -0.2) is 23.2 Å². The maximum absolute atomic E-state index is 11.3. The van der Waals surface area contributed by atoms with E-state index in [0.29, 0.717) is 13.0 Å². The first-order valence-electron chi connectivity index (χ1n) is 6.26. The lowest BCUT2D eigenvalue weighted by Crippen LogP contribution is -2.43. The summed E-state index contributed by atoms with van der Waals surface area (Å²) in [6, 6.07) is 7.34. The van der Waals surface area contributed by atoms with Gasteiger partial charge in [0.15, 0.2) is 0 Å². The van der Waals surface area contributed by atoms with E-state index in [9.17, 15) is 9.90 Å². The molecule has 4 nitrogen and oxygen atoms in total. The quantitative estimate of drug-likeness (QED) is 0.781. The molecule has 18 heavy (non-hydrogen) atoms. The van der Waals surface area contributed by atoms with Crippen LogP contribution in [0.15, 0.2) is 24.3 Å². The van der Waals surface area contributed by atoms with Crippen molar-refractivity contribution in [2.75, 3.05) is 11.9 Å². The fourth-order valence-electron chi connectivity index (χ4n) is 1.84. The number of ether oxygens (including phenoxy) is 1. The lowest BCUT2D eigenvalue weighted by molar-refractivity contribution is -0.141. The first kappa shape index (κ1) is 14.4. The molecule has 2 N–H and O–H groups in total. The predicted octanol–water partition coefficient (Wildman–Crippen LogP) is 3.14. The second kappa shape index (κ2) is 6.28. The van der Waals surface area contributed by atoms with Crippen LogP contribution in [0.4, 0.5) is 5.69 Å². The smallest absolute Gasteiger partial charge is 0.329 e. The molecule has 1 atom stereocenters. The van der Waals surface area contributed by atoms with E-state index in [1.165, 1.54) is 0 Å². The van der Waals surface area contributed by atoms with E-state index in [1.807, 2.05) is 38.1 Å². The minimum atomic E-state index is -0.929. The van der Waals surface area contributed by atoms with Crippen molar-refractivity contribution in [3.05, 3.63) is 24.3 Å². The van der Waals surface area contributed by atoms with Crippen molar-refractivity contribution in [2.45, 2.75) is 39.2 Å². The lowest BCUT2D eigenvalue weighted by Gasteiger charge is -2.27. The number of rotatable bonds is 7. The monoisotopic (exact) mass is 251 g/mol. The van der Waals surface area contributed by atoms with E-state index in [4.69, 9.17) is 4.74 Å². The minimum Gasteiger partial charge on any atom is -0.494 e. The summed E-state index contributed by atoms with van der Waals surface area (Å²) in [4.78, 5) is 11.3. The van der Waals surface area contributed by atoms with Gasteiger partial charge in [-0.3, -0.25) is 0 Å². The van der Waals surface area contributed by atoms with Gasteiger partial charge in [0, 0.05) is 5.69 Å². The largest absolute Gasteiger partial charge is 0.494 e. The zero-order valence-electron chi connectivity index (χ0n) is 11.2. The molecule has 4 heteroatoms. The Labute approximate surface area is 108 Å². The molecule has 0 aromatic heterocycles. The van der Waals surface area contributed by atoms with Crippen LogP contribution in [0.5, 0.6) is 5.75 Å². The number of aliphatic carboxylic acids is 1. The van der Waals surface area contributed by atoms with Crippen LogP contribution in [0.3, 0.4) is 0 Å². The van der Waals surface area contributed by atoms with Crippen LogP contribution in [0, 0.1) is 0 Å². The summed E-state index contributed by atoms with van der Waals surface area (Å²) in [5.74, 6) is -0.0474. The zero-order valence-corrected chi connectivity index (χ0v) is 11.2. The van der Waals surface area contributed by atoms with Gasteiger partial charge >= 0.3 is 5.97 Å². The first-order valence-corrected chi connectivity index (χ1v) is 6.26. The Morgan fingerprint density at radius 1 is 1.33 bits per heavy atom. The van der Waals surface area contributed by atoms with Gasteiger partial charge in [-0.15, -0.1) is 0 Å². The predicted molar refractivity (Wildman–Crippen MR) is 72.2 cm³/mol. The van der Waals surface area contributed by atoms with Crippen molar-refractivity contribution in [1.29, 1.82) is 0 Å². The molecule has 0 heterocycles. The third kappa shape index (κ3) is 3.65.